The van der Waals surface area contributed by atoms with Crippen LogP contribution in [-0.4, -0.2) is 26.4 Å². The van der Waals surface area contributed by atoms with E-state index in [4.69, 9.17) is 5.73 Å². The number of aliphatic imine (C=N–C) groups is 1. The van der Waals surface area contributed by atoms with Crippen molar-refractivity contribution in [2.45, 2.75) is 6.92 Å². The van der Waals surface area contributed by atoms with Crippen LogP contribution in [0.25, 0.3) is 0 Å². The maximum Gasteiger partial charge on any atom is 0.0277 e. The van der Waals surface area contributed by atoms with E-state index in [2.05, 4.69) is 17.2 Å². The van der Waals surface area contributed by atoms with Gasteiger partial charge in [-0.3, -0.25) is 4.99 Å². The molecular formula is C7H15N3. The Morgan fingerprint density at radius 3 is 2.80 bits per heavy atom. The van der Waals surface area contributed by atoms with Gasteiger partial charge in [-0.05, 0) is 18.3 Å². The van der Waals surface area contributed by atoms with Crippen molar-refractivity contribution < 1.29 is 0 Å². The van der Waals surface area contributed by atoms with Crippen LogP contribution in [0.4, 0.5) is 0 Å². The first-order chi connectivity index (χ1) is 4.85. The van der Waals surface area contributed by atoms with Gasteiger partial charge in [-0.1, -0.05) is 6.92 Å². The molecule has 0 bridgehead atoms. The molecule has 0 saturated carbocycles. The number of nitrogens with two attached hydrogens (primary N) is 1. The summed E-state index contributed by atoms with van der Waals surface area (Å²) in [6.07, 6.45) is 3.32. The number of likely N-dealkylation sites (N-methyl/N-ethyl adjacent to an activating group) is 1. The molecule has 0 radical (unpaired) electrons. The van der Waals surface area contributed by atoms with E-state index in [1.165, 1.54) is 0 Å². The molecule has 0 saturated heterocycles. The Balaban J connectivity index is 3.62. The summed E-state index contributed by atoms with van der Waals surface area (Å²) in [7, 11) is 1.73. The Hall–Kier alpha value is -0.830. The normalized spacial score (nSPS) is 12.8. The Kier molecular flexibility index (Phi) is 5.77. The van der Waals surface area contributed by atoms with Gasteiger partial charge in [-0.2, -0.15) is 0 Å². The first kappa shape index (κ1) is 9.17. The number of hydrogen-bond donors (Lipinski definition) is 2. The lowest BCUT2D eigenvalue weighted by atomic mass is 10.3. The lowest BCUT2D eigenvalue weighted by molar-refractivity contribution is 0.789. The van der Waals surface area contributed by atoms with Gasteiger partial charge in [-0.15, -0.1) is 0 Å². The zero-order chi connectivity index (χ0) is 7.82. The Morgan fingerprint density at radius 2 is 2.40 bits per heavy atom. The predicted molar refractivity (Wildman–Crippen MR) is 45.2 cm³/mol. The maximum atomic E-state index is 5.31. The van der Waals surface area contributed by atoms with Crippen LogP contribution in [0.1, 0.15) is 6.92 Å². The van der Waals surface area contributed by atoms with Crippen LogP contribution in [0.15, 0.2) is 16.8 Å². The molecule has 0 aromatic heterocycles. The van der Waals surface area contributed by atoms with Crippen LogP contribution in [0.5, 0.6) is 0 Å². The highest BCUT2D eigenvalue weighted by atomic mass is 14.8. The van der Waals surface area contributed by atoms with Gasteiger partial charge >= 0.3 is 0 Å². The molecule has 0 fully saturated rings. The molecule has 3 N–H and O–H groups in total. The van der Waals surface area contributed by atoms with Crippen molar-refractivity contribution in [3.05, 3.63) is 11.8 Å². The van der Waals surface area contributed by atoms with Crippen LogP contribution in [0.3, 0.4) is 0 Å². The third kappa shape index (κ3) is 4.09. The van der Waals surface area contributed by atoms with Gasteiger partial charge < -0.3 is 11.1 Å². The first-order valence-corrected chi connectivity index (χ1v) is 3.38. The van der Waals surface area contributed by atoms with E-state index < -0.39 is 0 Å². The van der Waals surface area contributed by atoms with E-state index in [9.17, 15) is 0 Å². The first-order valence-electron chi connectivity index (χ1n) is 3.38. The molecule has 0 spiro atoms. The second-order valence-corrected chi connectivity index (χ2v) is 1.91. The van der Waals surface area contributed by atoms with Crippen LogP contribution in [0.2, 0.25) is 0 Å². The van der Waals surface area contributed by atoms with Gasteiger partial charge in [0.2, 0.25) is 0 Å². The van der Waals surface area contributed by atoms with Crippen molar-refractivity contribution in [1.29, 1.82) is 0 Å². The van der Waals surface area contributed by atoms with Gasteiger partial charge in [-0.25, -0.2) is 0 Å². The molecule has 0 heterocycles. The number of hydrogen-bond acceptors (Lipinski definition) is 3. The highest BCUT2D eigenvalue weighted by Gasteiger charge is 1.87. The quantitative estimate of drug-likeness (QED) is 0.547. The monoisotopic (exact) mass is 141 g/mol. The van der Waals surface area contributed by atoms with Crippen molar-refractivity contribution in [2.75, 3.05) is 20.1 Å². The standard InChI is InChI=1S/C7H15N3/c1-3-10-6-7(4-8)5-9-2/h4-5,10H,3,6,8H2,1-2H3. The van der Waals surface area contributed by atoms with Crippen molar-refractivity contribution in [3.8, 4) is 0 Å². The summed E-state index contributed by atoms with van der Waals surface area (Å²) in [5.41, 5.74) is 6.32. The molecule has 0 unspecified atom stereocenters. The predicted octanol–water partition coefficient (Wildman–Crippen LogP) is 0.139. The molecule has 0 aromatic carbocycles. The molecule has 0 amide bonds. The second kappa shape index (κ2) is 6.29. The largest absolute Gasteiger partial charge is 0.404 e. The summed E-state index contributed by atoms with van der Waals surface area (Å²) in [6.45, 7) is 3.80. The summed E-state index contributed by atoms with van der Waals surface area (Å²) in [5.74, 6) is 0. The van der Waals surface area contributed by atoms with E-state index in [-0.39, 0.29) is 0 Å². The highest BCUT2D eigenvalue weighted by Crippen LogP contribution is 1.82. The molecule has 58 valence electrons. The molecule has 0 rings (SSSR count). The van der Waals surface area contributed by atoms with Gasteiger partial charge in [0.1, 0.15) is 0 Å². The third-order valence-electron chi connectivity index (χ3n) is 1.09. The highest BCUT2D eigenvalue weighted by molar-refractivity contribution is 5.78. The van der Waals surface area contributed by atoms with Gasteiger partial charge in [0, 0.05) is 19.8 Å². The summed E-state index contributed by atoms with van der Waals surface area (Å²) < 4.78 is 0. The average Bonchev–Trinajstić information content (AvgIpc) is 1.98. The third-order valence-corrected chi connectivity index (χ3v) is 1.09. The van der Waals surface area contributed by atoms with Crippen LogP contribution in [0, 0.1) is 0 Å². The van der Waals surface area contributed by atoms with E-state index in [1.54, 1.807) is 19.5 Å². The SMILES string of the molecule is CCNCC(C=NC)=CN. The van der Waals surface area contributed by atoms with Gasteiger partial charge in [0.05, 0.1) is 0 Å². The summed E-state index contributed by atoms with van der Waals surface area (Å²) in [6, 6.07) is 0. The second-order valence-electron chi connectivity index (χ2n) is 1.91. The molecule has 0 aliphatic carbocycles. The fourth-order valence-electron chi connectivity index (χ4n) is 0.583. The molecule has 3 heteroatoms. The fourth-order valence-corrected chi connectivity index (χ4v) is 0.583. The number of rotatable bonds is 4. The van der Waals surface area contributed by atoms with Crippen molar-refractivity contribution in [3.63, 3.8) is 0 Å². The molecule has 0 aliphatic rings. The lowest BCUT2D eigenvalue weighted by Gasteiger charge is -1.99. The molecule has 10 heavy (non-hydrogen) atoms. The number of nitrogens with zero attached hydrogens (tertiary/aromatic N) is 1. The molecule has 3 nitrogen and oxygen atoms in total. The van der Waals surface area contributed by atoms with Crippen LogP contribution < -0.4 is 11.1 Å². The average molecular weight is 141 g/mol. The summed E-state index contributed by atoms with van der Waals surface area (Å²) in [4.78, 5) is 3.85. The minimum Gasteiger partial charge on any atom is -0.404 e. The molecule has 0 aliphatic heterocycles. The minimum absolute atomic E-state index is 0.796. The van der Waals surface area contributed by atoms with E-state index >= 15 is 0 Å². The van der Waals surface area contributed by atoms with Gasteiger partial charge in [0.25, 0.3) is 0 Å². The fraction of sp³-hybridized carbons (Fsp3) is 0.571. The van der Waals surface area contributed by atoms with Crippen LogP contribution in [-0.2, 0) is 0 Å². The van der Waals surface area contributed by atoms with Crippen molar-refractivity contribution >= 4 is 6.21 Å². The topological polar surface area (TPSA) is 50.4 Å². The zero-order valence-electron chi connectivity index (χ0n) is 6.59. The van der Waals surface area contributed by atoms with Crippen LogP contribution >= 0.6 is 0 Å². The van der Waals surface area contributed by atoms with E-state index in [1.807, 2.05) is 0 Å². The molecular weight excluding hydrogens is 126 g/mol. The van der Waals surface area contributed by atoms with E-state index in [0.717, 1.165) is 18.7 Å². The maximum absolute atomic E-state index is 5.31. The lowest BCUT2D eigenvalue weighted by Crippen LogP contribution is -2.17. The van der Waals surface area contributed by atoms with Gasteiger partial charge in [0.15, 0.2) is 0 Å². The summed E-state index contributed by atoms with van der Waals surface area (Å²) in [5, 5.41) is 3.14. The zero-order valence-corrected chi connectivity index (χ0v) is 6.59. The van der Waals surface area contributed by atoms with Crippen molar-refractivity contribution in [2.24, 2.45) is 10.7 Å². The van der Waals surface area contributed by atoms with E-state index in [0.29, 0.717) is 0 Å². The molecule has 0 atom stereocenters. The van der Waals surface area contributed by atoms with Crippen molar-refractivity contribution in [1.82, 2.24) is 5.32 Å². The summed E-state index contributed by atoms with van der Waals surface area (Å²) >= 11 is 0. The number of nitrogens with one attached hydrogen (secondary N) is 1. The smallest absolute Gasteiger partial charge is 0.0277 e. The minimum atomic E-state index is 0.796. The Morgan fingerprint density at radius 1 is 1.70 bits per heavy atom. The Bertz CT molecular complexity index is 127. The Labute approximate surface area is 62.0 Å². The molecule has 0 aromatic rings.